The summed E-state index contributed by atoms with van der Waals surface area (Å²) in [5.41, 5.74) is 1.99. The van der Waals surface area contributed by atoms with Gasteiger partial charge in [0.25, 0.3) is 0 Å². The number of sulfonamides is 1. The molecule has 2 aromatic rings. The van der Waals surface area contributed by atoms with Gasteiger partial charge in [0, 0.05) is 31.7 Å². The maximum atomic E-state index is 13.7. The lowest BCUT2D eigenvalue weighted by Crippen LogP contribution is -2.41. The van der Waals surface area contributed by atoms with Crippen molar-refractivity contribution < 1.29 is 17.9 Å². The molecule has 0 unspecified atom stereocenters. The van der Waals surface area contributed by atoms with E-state index in [1.165, 1.54) is 24.6 Å². The van der Waals surface area contributed by atoms with Gasteiger partial charge in [-0.1, -0.05) is 29.8 Å². The van der Waals surface area contributed by atoms with Crippen molar-refractivity contribution in [3.8, 4) is 17.7 Å². The Morgan fingerprint density at radius 3 is 2.48 bits per heavy atom. The van der Waals surface area contributed by atoms with E-state index in [1.807, 2.05) is 31.2 Å². The van der Waals surface area contributed by atoms with Gasteiger partial charge in [-0.25, -0.2) is 8.42 Å². The highest BCUT2D eigenvalue weighted by molar-refractivity contribution is 7.89. The van der Waals surface area contributed by atoms with Gasteiger partial charge in [-0.05, 0) is 31.0 Å². The summed E-state index contributed by atoms with van der Waals surface area (Å²) in [6.45, 7) is 3.11. The Labute approximate surface area is 172 Å². The van der Waals surface area contributed by atoms with Gasteiger partial charge < -0.3 is 14.4 Å². The average Bonchev–Trinajstić information content (AvgIpc) is 3.21. The number of hydrogen-bond donors (Lipinski definition) is 0. The number of nitriles is 1. The number of ether oxygens (including phenoxy) is 2. The number of likely N-dealkylation sites (tertiary alicyclic amines) is 1. The second-order valence-corrected chi connectivity index (χ2v) is 8.90. The molecule has 2 aromatic carbocycles. The molecule has 0 radical (unpaired) electrons. The lowest BCUT2D eigenvalue weighted by Gasteiger charge is -2.28. The highest BCUT2D eigenvalue weighted by Gasteiger charge is 2.37. The Balaban J connectivity index is 2.04. The predicted octanol–water partition coefficient (Wildman–Crippen LogP) is 2.76. The second kappa shape index (κ2) is 8.72. The van der Waals surface area contributed by atoms with E-state index in [0.717, 1.165) is 11.1 Å². The highest BCUT2D eigenvalue weighted by Crippen LogP contribution is 2.33. The summed E-state index contributed by atoms with van der Waals surface area (Å²) in [5, 5.41) is 9.23. The quantitative estimate of drug-likeness (QED) is 0.647. The van der Waals surface area contributed by atoms with Crippen LogP contribution >= 0.6 is 0 Å². The Bertz CT molecular complexity index is 1000. The molecule has 0 N–H and O–H groups in total. The SMILES string of the molecule is COc1ccc(OC)c(S(=O)(=O)N(Cc2ccc(C)cc2)[C@@H]2CCN(C#N)C2)c1. The topological polar surface area (TPSA) is 82.9 Å². The molecule has 8 heteroatoms. The van der Waals surface area contributed by atoms with Gasteiger partial charge in [0.2, 0.25) is 10.0 Å². The zero-order valence-electron chi connectivity index (χ0n) is 16.8. The molecule has 1 fully saturated rings. The minimum Gasteiger partial charge on any atom is -0.497 e. The van der Waals surface area contributed by atoms with Crippen LogP contribution in [0.1, 0.15) is 17.5 Å². The Kier molecular flexibility index (Phi) is 6.30. The Morgan fingerprint density at radius 1 is 1.17 bits per heavy atom. The van der Waals surface area contributed by atoms with Crippen molar-refractivity contribution in [3.05, 3.63) is 53.6 Å². The summed E-state index contributed by atoms with van der Waals surface area (Å²) >= 11 is 0. The molecule has 0 saturated carbocycles. The van der Waals surface area contributed by atoms with Crippen molar-refractivity contribution in [1.29, 1.82) is 5.26 Å². The Morgan fingerprint density at radius 2 is 1.90 bits per heavy atom. The minimum absolute atomic E-state index is 0.0573. The Hall–Kier alpha value is -2.76. The van der Waals surface area contributed by atoms with E-state index in [4.69, 9.17) is 9.47 Å². The van der Waals surface area contributed by atoms with E-state index in [0.29, 0.717) is 25.3 Å². The third kappa shape index (κ3) is 4.47. The number of aryl methyl sites for hydroxylation is 1. The molecule has 0 bridgehead atoms. The van der Waals surface area contributed by atoms with Crippen LogP contribution in [0, 0.1) is 18.4 Å². The van der Waals surface area contributed by atoms with E-state index in [2.05, 4.69) is 6.19 Å². The van der Waals surface area contributed by atoms with Gasteiger partial charge >= 0.3 is 0 Å². The van der Waals surface area contributed by atoms with E-state index in [1.54, 1.807) is 17.0 Å². The van der Waals surface area contributed by atoms with Crippen molar-refractivity contribution in [3.63, 3.8) is 0 Å². The molecular weight excluding hydrogens is 390 g/mol. The average molecular weight is 416 g/mol. The molecule has 1 aliphatic rings. The van der Waals surface area contributed by atoms with Crippen LogP contribution in [0.5, 0.6) is 11.5 Å². The summed E-state index contributed by atoms with van der Waals surface area (Å²) in [7, 11) is -0.975. The molecule has 0 aromatic heterocycles. The van der Waals surface area contributed by atoms with E-state index < -0.39 is 10.0 Å². The first-order valence-electron chi connectivity index (χ1n) is 9.33. The van der Waals surface area contributed by atoms with Crippen LogP contribution in [0.15, 0.2) is 47.4 Å². The smallest absolute Gasteiger partial charge is 0.247 e. The van der Waals surface area contributed by atoms with Crippen LogP contribution in [0.4, 0.5) is 0 Å². The van der Waals surface area contributed by atoms with Crippen molar-refractivity contribution in [1.82, 2.24) is 9.21 Å². The summed E-state index contributed by atoms with van der Waals surface area (Å²) in [6.07, 6.45) is 2.71. The number of rotatable bonds is 7. The van der Waals surface area contributed by atoms with Crippen LogP contribution in [0.2, 0.25) is 0 Å². The molecule has 1 aliphatic heterocycles. The van der Waals surface area contributed by atoms with Gasteiger partial charge in [-0.15, -0.1) is 0 Å². The number of nitrogens with zero attached hydrogens (tertiary/aromatic N) is 3. The third-order valence-electron chi connectivity index (χ3n) is 5.13. The second-order valence-electron chi connectivity index (χ2n) is 7.04. The fourth-order valence-electron chi connectivity index (χ4n) is 3.46. The first-order valence-corrected chi connectivity index (χ1v) is 10.8. The van der Waals surface area contributed by atoms with Crippen molar-refractivity contribution >= 4 is 10.0 Å². The van der Waals surface area contributed by atoms with E-state index in [-0.39, 0.29) is 23.2 Å². The van der Waals surface area contributed by atoms with Gasteiger partial charge in [0.05, 0.1) is 14.2 Å². The van der Waals surface area contributed by atoms with E-state index in [9.17, 15) is 13.7 Å². The molecule has 0 spiro atoms. The zero-order chi connectivity index (χ0) is 21.0. The zero-order valence-corrected chi connectivity index (χ0v) is 17.6. The summed E-state index contributed by atoms with van der Waals surface area (Å²) < 4.78 is 39.5. The minimum atomic E-state index is -3.91. The highest BCUT2D eigenvalue weighted by atomic mass is 32.2. The van der Waals surface area contributed by atoms with Gasteiger partial charge in [0.1, 0.15) is 16.4 Å². The number of methoxy groups -OCH3 is 2. The number of hydrogen-bond acceptors (Lipinski definition) is 6. The molecule has 0 amide bonds. The lowest BCUT2D eigenvalue weighted by atomic mass is 10.1. The van der Waals surface area contributed by atoms with Crippen molar-refractivity contribution in [2.75, 3.05) is 27.3 Å². The van der Waals surface area contributed by atoms with E-state index >= 15 is 0 Å². The lowest BCUT2D eigenvalue weighted by molar-refractivity contribution is 0.311. The van der Waals surface area contributed by atoms with Crippen LogP contribution in [-0.4, -0.2) is 51.0 Å². The molecule has 3 rings (SSSR count). The normalized spacial score (nSPS) is 16.7. The largest absolute Gasteiger partial charge is 0.497 e. The van der Waals surface area contributed by atoms with Gasteiger partial charge in [-0.2, -0.15) is 9.57 Å². The molecule has 7 nitrogen and oxygen atoms in total. The van der Waals surface area contributed by atoms with Crippen molar-refractivity contribution in [2.45, 2.75) is 30.8 Å². The fourth-order valence-corrected chi connectivity index (χ4v) is 5.27. The van der Waals surface area contributed by atoms with Crippen LogP contribution in [0.25, 0.3) is 0 Å². The number of benzene rings is 2. The summed E-state index contributed by atoms with van der Waals surface area (Å²) in [6, 6.07) is 12.2. The molecule has 1 atom stereocenters. The molecule has 0 aliphatic carbocycles. The van der Waals surface area contributed by atoms with Gasteiger partial charge in [-0.3, -0.25) is 0 Å². The predicted molar refractivity (Wildman–Crippen MR) is 109 cm³/mol. The first-order chi connectivity index (χ1) is 13.9. The van der Waals surface area contributed by atoms with Crippen LogP contribution < -0.4 is 9.47 Å². The molecule has 1 saturated heterocycles. The molecule has 1 heterocycles. The van der Waals surface area contributed by atoms with Crippen LogP contribution in [0.3, 0.4) is 0 Å². The molecule has 154 valence electrons. The molecular formula is C21H25N3O4S. The van der Waals surface area contributed by atoms with Gasteiger partial charge in [0.15, 0.2) is 6.19 Å². The maximum Gasteiger partial charge on any atom is 0.247 e. The van der Waals surface area contributed by atoms with Crippen LogP contribution in [-0.2, 0) is 16.6 Å². The van der Waals surface area contributed by atoms with Crippen molar-refractivity contribution in [2.24, 2.45) is 0 Å². The third-order valence-corrected chi connectivity index (χ3v) is 7.05. The first kappa shape index (κ1) is 21.0. The fraction of sp³-hybridized carbons (Fsp3) is 0.381. The monoisotopic (exact) mass is 415 g/mol. The summed E-state index contributed by atoms with van der Waals surface area (Å²) in [5.74, 6) is 0.694. The standard InChI is InChI=1S/C21H25N3O4S/c1-16-4-6-17(7-5-16)13-24(18-10-11-23(14-18)15-22)29(25,26)21-12-19(27-2)8-9-20(21)28-3/h4-9,12,18H,10-11,13-14H2,1-3H3/t18-/m1/s1. The maximum absolute atomic E-state index is 13.7. The molecule has 29 heavy (non-hydrogen) atoms. The summed E-state index contributed by atoms with van der Waals surface area (Å²) in [4.78, 5) is 1.65.